The SMILES string of the molecule is CC(Cn1cc([N+](=O)[O-])ccc1=O)C(N)=S. The molecule has 0 spiro atoms. The molecule has 86 valence electrons. The molecule has 1 rings (SSSR count). The number of hydrogen-bond acceptors (Lipinski definition) is 4. The molecule has 16 heavy (non-hydrogen) atoms. The Bertz CT molecular complexity index is 483. The second-order valence-corrected chi connectivity index (χ2v) is 3.91. The number of rotatable bonds is 4. The molecule has 1 aromatic rings. The molecule has 0 saturated heterocycles. The fourth-order valence-corrected chi connectivity index (χ4v) is 1.23. The van der Waals surface area contributed by atoms with Crippen LogP contribution >= 0.6 is 12.2 Å². The molecule has 0 aliphatic rings. The molecule has 0 saturated carbocycles. The van der Waals surface area contributed by atoms with E-state index in [1.807, 2.05) is 0 Å². The summed E-state index contributed by atoms with van der Waals surface area (Å²) in [5.41, 5.74) is 4.97. The maximum absolute atomic E-state index is 11.4. The summed E-state index contributed by atoms with van der Waals surface area (Å²) in [5.74, 6) is -0.185. The number of hydrogen-bond donors (Lipinski definition) is 1. The summed E-state index contributed by atoms with van der Waals surface area (Å²) in [4.78, 5) is 21.7. The topological polar surface area (TPSA) is 91.2 Å². The predicted octanol–water partition coefficient (Wildman–Crippen LogP) is 0.679. The molecule has 0 amide bonds. The van der Waals surface area contributed by atoms with Crippen molar-refractivity contribution in [3.63, 3.8) is 0 Å². The van der Waals surface area contributed by atoms with Crippen molar-refractivity contribution in [3.8, 4) is 0 Å². The molecule has 1 aromatic heterocycles. The first kappa shape index (κ1) is 12.3. The predicted molar refractivity (Wildman–Crippen MR) is 63.3 cm³/mol. The number of nitro groups is 1. The van der Waals surface area contributed by atoms with Crippen LogP contribution in [-0.2, 0) is 6.54 Å². The lowest BCUT2D eigenvalue weighted by Crippen LogP contribution is -2.28. The number of nitrogens with zero attached hydrogens (tertiary/aromatic N) is 2. The Kier molecular flexibility index (Phi) is 3.73. The molecule has 1 heterocycles. The highest BCUT2D eigenvalue weighted by Gasteiger charge is 2.11. The molecule has 1 unspecified atom stereocenters. The second kappa shape index (κ2) is 4.84. The largest absolute Gasteiger partial charge is 0.393 e. The smallest absolute Gasteiger partial charge is 0.285 e. The molecule has 0 aliphatic carbocycles. The van der Waals surface area contributed by atoms with Gasteiger partial charge in [-0.3, -0.25) is 14.9 Å². The zero-order valence-electron chi connectivity index (χ0n) is 8.62. The standard InChI is InChI=1S/C9H11N3O3S/c1-6(9(10)16)4-11-5-7(12(14)15)2-3-8(11)13/h2-3,5-6H,4H2,1H3,(H2,10,16). The van der Waals surface area contributed by atoms with E-state index in [-0.39, 0.29) is 28.7 Å². The number of thiocarbonyl (C=S) groups is 1. The summed E-state index contributed by atoms with van der Waals surface area (Å²) < 4.78 is 1.24. The first-order chi connectivity index (χ1) is 7.41. The van der Waals surface area contributed by atoms with Crippen LogP contribution in [0.25, 0.3) is 0 Å². The summed E-state index contributed by atoms with van der Waals surface area (Å²) >= 11 is 4.77. The van der Waals surface area contributed by atoms with Crippen molar-refractivity contribution < 1.29 is 4.92 Å². The van der Waals surface area contributed by atoms with Crippen molar-refractivity contribution in [1.82, 2.24) is 4.57 Å². The first-order valence-corrected chi connectivity index (χ1v) is 4.97. The van der Waals surface area contributed by atoms with Crippen molar-refractivity contribution in [1.29, 1.82) is 0 Å². The molecule has 6 nitrogen and oxygen atoms in total. The van der Waals surface area contributed by atoms with Gasteiger partial charge in [0.2, 0.25) is 0 Å². The number of pyridine rings is 1. The van der Waals surface area contributed by atoms with Crippen molar-refractivity contribution in [2.24, 2.45) is 11.7 Å². The van der Waals surface area contributed by atoms with Crippen LogP contribution in [0.15, 0.2) is 23.1 Å². The zero-order valence-corrected chi connectivity index (χ0v) is 9.44. The van der Waals surface area contributed by atoms with Gasteiger partial charge in [-0.2, -0.15) is 0 Å². The minimum atomic E-state index is -0.554. The summed E-state index contributed by atoms with van der Waals surface area (Å²) in [6.07, 6.45) is 1.19. The maximum atomic E-state index is 11.4. The molecule has 0 bridgehead atoms. The van der Waals surface area contributed by atoms with Gasteiger partial charge in [-0.15, -0.1) is 0 Å². The van der Waals surface area contributed by atoms with Crippen molar-refractivity contribution in [3.05, 3.63) is 38.8 Å². The van der Waals surface area contributed by atoms with E-state index in [1.54, 1.807) is 6.92 Å². The summed E-state index contributed by atoms with van der Waals surface area (Å²) in [6.45, 7) is 2.00. The van der Waals surface area contributed by atoms with Crippen molar-refractivity contribution >= 4 is 22.9 Å². The maximum Gasteiger partial charge on any atom is 0.285 e. The monoisotopic (exact) mass is 241 g/mol. The minimum absolute atomic E-state index is 0.130. The normalized spacial score (nSPS) is 12.1. The second-order valence-electron chi connectivity index (χ2n) is 3.44. The third kappa shape index (κ3) is 2.86. The average molecular weight is 241 g/mol. The molecule has 2 N–H and O–H groups in total. The molecule has 1 atom stereocenters. The zero-order chi connectivity index (χ0) is 12.3. The van der Waals surface area contributed by atoms with Crippen LogP contribution in [0.3, 0.4) is 0 Å². The van der Waals surface area contributed by atoms with Crippen LogP contribution in [0.4, 0.5) is 5.69 Å². The van der Waals surface area contributed by atoms with E-state index in [0.29, 0.717) is 0 Å². The molecule has 7 heteroatoms. The van der Waals surface area contributed by atoms with Crippen LogP contribution < -0.4 is 11.3 Å². The highest BCUT2D eigenvalue weighted by atomic mass is 32.1. The van der Waals surface area contributed by atoms with E-state index in [9.17, 15) is 14.9 Å². The fourth-order valence-electron chi connectivity index (χ4n) is 1.15. The molecular weight excluding hydrogens is 230 g/mol. The average Bonchev–Trinajstić information content (AvgIpc) is 2.20. The fraction of sp³-hybridized carbons (Fsp3) is 0.333. The van der Waals surface area contributed by atoms with Gasteiger partial charge in [0.15, 0.2) is 0 Å². The molecule has 0 radical (unpaired) electrons. The van der Waals surface area contributed by atoms with E-state index >= 15 is 0 Å². The highest BCUT2D eigenvalue weighted by Crippen LogP contribution is 2.08. The van der Waals surface area contributed by atoms with Gasteiger partial charge in [-0.1, -0.05) is 19.1 Å². The van der Waals surface area contributed by atoms with E-state index < -0.39 is 4.92 Å². The van der Waals surface area contributed by atoms with Crippen LogP contribution in [-0.4, -0.2) is 14.5 Å². The molecular formula is C9H11N3O3S. The minimum Gasteiger partial charge on any atom is -0.393 e. The number of aromatic nitrogens is 1. The Morgan fingerprint density at radius 2 is 2.31 bits per heavy atom. The van der Waals surface area contributed by atoms with Gasteiger partial charge < -0.3 is 10.3 Å². The van der Waals surface area contributed by atoms with Gasteiger partial charge >= 0.3 is 0 Å². The van der Waals surface area contributed by atoms with E-state index in [1.165, 1.54) is 16.8 Å². The van der Waals surface area contributed by atoms with Gasteiger partial charge in [-0.25, -0.2) is 0 Å². The van der Waals surface area contributed by atoms with Crippen LogP contribution in [0, 0.1) is 16.0 Å². The van der Waals surface area contributed by atoms with Gasteiger partial charge in [-0.05, 0) is 0 Å². The van der Waals surface area contributed by atoms with Gasteiger partial charge in [0, 0.05) is 24.6 Å². The Morgan fingerprint density at radius 3 is 2.81 bits per heavy atom. The lowest BCUT2D eigenvalue weighted by molar-refractivity contribution is -0.385. The van der Waals surface area contributed by atoms with Crippen molar-refractivity contribution in [2.75, 3.05) is 0 Å². The Balaban J connectivity index is 3.03. The van der Waals surface area contributed by atoms with Gasteiger partial charge in [0.05, 0.1) is 16.1 Å². The highest BCUT2D eigenvalue weighted by molar-refractivity contribution is 7.80. The summed E-state index contributed by atoms with van der Waals surface area (Å²) in [7, 11) is 0. The van der Waals surface area contributed by atoms with Crippen LogP contribution in [0.1, 0.15) is 6.92 Å². The van der Waals surface area contributed by atoms with E-state index in [2.05, 4.69) is 0 Å². The summed E-state index contributed by atoms with van der Waals surface area (Å²) in [5, 5.41) is 10.5. The molecule has 0 fully saturated rings. The van der Waals surface area contributed by atoms with Crippen LogP contribution in [0.2, 0.25) is 0 Å². The third-order valence-electron chi connectivity index (χ3n) is 2.13. The van der Waals surface area contributed by atoms with E-state index in [0.717, 1.165) is 6.07 Å². The summed E-state index contributed by atoms with van der Waals surface area (Å²) in [6, 6.07) is 2.33. The van der Waals surface area contributed by atoms with Gasteiger partial charge in [0.1, 0.15) is 0 Å². The lowest BCUT2D eigenvalue weighted by Gasteiger charge is -2.11. The number of nitrogens with two attached hydrogens (primary N) is 1. The molecule has 0 aliphatic heterocycles. The Morgan fingerprint density at radius 1 is 1.69 bits per heavy atom. The van der Waals surface area contributed by atoms with Crippen LogP contribution in [0.5, 0.6) is 0 Å². The van der Waals surface area contributed by atoms with E-state index in [4.69, 9.17) is 18.0 Å². The van der Waals surface area contributed by atoms with Crippen molar-refractivity contribution in [2.45, 2.75) is 13.5 Å². The Labute approximate surface area is 96.8 Å². The third-order valence-corrected chi connectivity index (χ3v) is 2.54. The lowest BCUT2D eigenvalue weighted by atomic mass is 10.2. The van der Waals surface area contributed by atoms with Gasteiger partial charge in [0.25, 0.3) is 11.2 Å². The Hall–Kier alpha value is -1.76. The first-order valence-electron chi connectivity index (χ1n) is 4.56. The quantitative estimate of drug-likeness (QED) is 0.475. The molecule has 0 aromatic carbocycles.